The summed E-state index contributed by atoms with van der Waals surface area (Å²) in [4.78, 5) is 30.9. The molecule has 4 rings (SSSR count). The van der Waals surface area contributed by atoms with Crippen molar-refractivity contribution in [1.82, 2.24) is 4.98 Å². The van der Waals surface area contributed by atoms with Gasteiger partial charge in [0.1, 0.15) is 5.69 Å². The second kappa shape index (κ2) is 7.84. The van der Waals surface area contributed by atoms with Crippen molar-refractivity contribution in [2.75, 3.05) is 0 Å². The van der Waals surface area contributed by atoms with Crippen molar-refractivity contribution in [3.8, 4) is 0 Å². The first-order valence-corrected chi connectivity index (χ1v) is 9.03. The van der Waals surface area contributed by atoms with E-state index in [4.69, 9.17) is 25.0 Å². The quantitative estimate of drug-likeness (QED) is 0.681. The number of carboxylic acids is 1. The zero-order valence-electron chi connectivity index (χ0n) is 15.4. The van der Waals surface area contributed by atoms with Crippen LogP contribution in [0, 0.1) is 6.92 Å². The summed E-state index contributed by atoms with van der Waals surface area (Å²) in [6.07, 6.45) is 4.27. The molecular formula is C20H23N3O4. The van der Waals surface area contributed by atoms with E-state index in [-0.39, 0.29) is 17.9 Å². The zero-order valence-corrected chi connectivity index (χ0v) is 15.4. The summed E-state index contributed by atoms with van der Waals surface area (Å²) in [5.41, 5.74) is 9.01. The minimum absolute atomic E-state index is 0.0671. The molecule has 1 heterocycles. The number of oxazole rings is 1. The van der Waals surface area contributed by atoms with Gasteiger partial charge in [0.25, 0.3) is 5.97 Å². The fourth-order valence-electron chi connectivity index (χ4n) is 3.48. The summed E-state index contributed by atoms with van der Waals surface area (Å²) in [5.74, 6) is -0.177. The fraction of sp³-hybridized carbons (Fsp3) is 0.400. The van der Waals surface area contributed by atoms with Gasteiger partial charge in [-0.2, -0.15) is 0 Å². The van der Waals surface area contributed by atoms with Crippen LogP contribution in [0.25, 0.3) is 0 Å². The van der Waals surface area contributed by atoms with Crippen molar-refractivity contribution in [1.29, 1.82) is 0 Å². The molecule has 7 nitrogen and oxygen atoms in total. The number of ketones is 1. The summed E-state index contributed by atoms with van der Waals surface area (Å²) in [6, 6.07) is 7.65. The highest BCUT2D eigenvalue weighted by Crippen LogP contribution is 2.30. The first-order chi connectivity index (χ1) is 12.9. The number of nitrogens with two attached hydrogens (primary N) is 1. The Balaban J connectivity index is 0.000000481. The molecule has 1 fully saturated rings. The lowest BCUT2D eigenvalue weighted by Crippen LogP contribution is -2.37. The van der Waals surface area contributed by atoms with Gasteiger partial charge in [0.05, 0.1) is 11.8 Å². The number of nitrogens with zero attached hydrogens (tertiary/aromatic N) is 2. The van der Waals surface area contributed by atoms with E-state index in [1.807, 2.05) is 24.3 Å². The minimum Gasteiger partial charge on any atom is -0.481 e. The predicted octanol–water partition coefficient (Wildman–Crippen LogP) is 2.73. The van der Waals surface area contributed by atoms with Crippen molar-refractivity contribution in [2.45, 2.75) is 51.6 Å². The third kappa shape index (κ3) is 3.98. The molecule has 2 aromatic rings. The number of carbonyl (C=O) groups is 2. The number of aliphatic carboxylic acids is 1. The molecule has 1 aromatic heterocycles. The Morgan fingerprint density at radius 3 is 2.56 bits per heavy atom. The number of aliphatic imine (C=N–C) groups is 1. The highest BCUT2D eigenvalue weighted by Gasteiger charge is 2.34. The summed E-state index contributed by atoms with van der Waals surface area (Å²) >= 11 is 0. The number of rotatable bonds is 1. The molecule has 27 heavy (non-hydrogen) atoms. The Bertz CT molecular complexity index is 896. The Morgan fingerprint density at radius 1 is 1.26 bits per heavy atom. The Labute approximate surface area is 157 Å². The van der Waals surface area contributed by atoms with Crippen LogP contribution in [-0.2, 0) is 4.79 Å². The zero-order chi connectivity index (χ0) is 19.6. The molecule has 2 aliphatic rings. The molecule has 2 aliphatic carbocycles. The van der Waals surface area contributed by atoms with E-state index < -0.39 is 5.97 Å². The number of carbonyl (C=O) groups excluding carboxylic acids is 1. The molecule has 1 aromatic carbocycles. The van der Waals surface area contributed by atoms with Crippen molar-refractivity contribution < 1.29 is 19.1 Å². The van der Waals surface area contributed by atoms with Crippen molar-refractivity contribution in [3.63, 3.8) is 0 Å². The Hall–Kier alpha value is -2.80. The molecule has 0 spiro atoms. The fourth-order valence-corrected chi connectivity index (χ4v) is 3.48. The Kier molecular flexibility index (Phi) is 5.51. The van der Waals surface area contributed by atoms with Crippen molar-refractivity contribution in [2.24, 2.45) is 10.7 Å². The first kappa shape index (κ1) is 19.0. The SMILES string of the molecule is CC(=O)O.Cc1nc2c(o1)C(=O)c1ccccc1C2=NC1CCCCC1N. The van der Waals surface area contributed by atoms with Crippen LogP contribution in [-0.4, -0.2) is 39.6 Å². The van der Waals surface area contributed by atoms with Crippen molar-refractivity contribution >= 4 is 17.5 Å². The Morgan fingerprint density at radius 2 is 1.89 bits per heavy atom. The third-order valence-corrected chi connectivity index (χ3v) is 4.67. The first-order valence-electron chi connectivity index (χ1n) is 9.03. The van der Waals surface area contributed by atoms with Gasteiger partial charge < -0.3 is 15.3 Å². The lowest BCUT2D eigenvalue weighted by atomic mass is 9.88. The highest BCUT2D eigenvalue weighted by molar-refractivity contribution is 6.28. The van der Waals surface area contributed by atoms with Gasteiger partial charge in [0.15, 0.2) is 5.89 Å². The molecule has 2 atom stereocenters. The molecule has 1 saturated carbocycles. The normalized spacial score (nSPS) is 22.5. The number of hydrogen-bond acceptors (Lipinski definition) is 6. The number of aryl methyl sites for hydroxylation is 1. The van der Waals surface area contributed by atoms with E-state index >= 15 is 0 Å². The molecule has 7 heteroatoms. The van der Waals surface area contributed by atoms with Crippen molar-refractivity contribution in [3.05, 3.63) is 52.7 Å². The molecule has 2 unspecified atom stereocenters. The standard InChI is InChI=1S/C18H19N3O2.C2H4O2/c1-10-20-16-15(21-14-9-5-4-8-13(14)19)11-6-2-3-7-12(11)17(22)18(16)23-10;1-2(3)4/h2-3,6-7,13-14H,4-5,8-9,19H2,1H3;1H3,(H,3,4). The van der Waals surface area contributed by atoms with Crippen LogP contribution in [0.4, 0.5) is 0 Å². The molecule has 0 bridgehead atoms. The third-order valence-electron chi connectivity index (χ3n) is 4.67. The second-order valence-electron chi connectivity index (χ2n) is 6.80. The number of aromatic nitrogens is 1. The van der Waals surface area contributed by atoms with Crippen LogP contribution in [0.3, 0.4) is 0 Å². The number of fused-ring (bicyclic) bond motifs is 2. The van der Waals surface area contributed by atoms with Gasteiger partial charge >= 0.3 is 0 Å². The summed E-state index contributed by atoms with van der Waals surface area (Å²) in [5, 5.41) is 7.42. The van der Waals surface area contributed by atoms with Crippen LogP contribution in [0.1, 0.15) is 65.9 Å². The van der Waals surface area contributed by atoms with E-state index in [1.165, 1.54) is 0 Å². The minimum atomic E-state index is -0.833. The van der Waals surface area contributed by atoms with Gasteiger partial charge in [-0.3, -0.25) is 14.6 Å². The van der Waals surface area contributed by atoms with Crippen LogP contribution in [0.15, 0.2) is 33.7 Å². The lowest BCUT2D eigenvalue weighted by molar-refractivity contribution is -0.134. The van der Waals surface area contributed by atoms with Gasteiger partial charge in [-0.15, -0.1) is 0 Å². The maximum absolute atomic E-state index is 12.6. The van der Waals surface area contributed by atoms with E-state index in [0.717, 1.165) is 43.9 Å². The van der Waals surface area contributed by atoms with Crippen LogP contribution in [0.2, 0.25) is 0 Å². The van der Waals surface area contributed by atoms with Crippen LogP contribution < -0.4 is 5.73 Å². The maximum Gasteiger partial charge on any atom is 0.300 e. The highest BCUT2D eigenvalue weighted by atomic mass is 16.4. The van der Waals surface area contributed by atoms with Gasteiger partial charge in [-0.05, 0) is 12.8 Å². The summed E-state index contributed by atoms with van der Waals surface area (Å²) in [6.45, 7) is 2.83. The number of carboxylic acid groups (broad SMARTS) is 1. The van der Waals surface area contributed by atoms with E-state index in [0.29, 0.717) is 22.9 Å². The molecule has 0 radical (unpaired) electrons. The van der Waals surface area contributed by atoms with E-state index in [2.05, 4.69) is 4.98 Å². The van der Waals surface area contributed by atoms with E-state index in [1.54, 1.807) is 6.92 Å². The molecule has 3 N–H and O–H groups in total. The van der Waals surface area contributed by atoms with E-state index in [9.17, 15) is 4.79 Å². The maximum atomic E-state index is 12.6. The monoisotopic (exact) mass is 369 g/mol. The van der Waals surface area contributed by atoms with Crippen LogP contribution in [0.5, 0.6) is 0 Å². The molecule has 0 aliphatic heterocycles. The number of hydrogen-bond donors (Lipinski definition) is 2. The number of benzene rings is 1. The molecule has 0 saturated heterocycles. The molecule has 142 valence electrons. The average molecular weight is 369 g/mol. The van der Waals surface area contributed by atoms with Crippen LogP contribution >= 0.6 is 0 Å². The smallest absolute Gasteiger partial charge is 0.300 e. The predicted molar refractivity (Wildman–Crippen MR) is 100 cm³/mol. The summed E-state index contributed by atoms with van der Waals surface area (Å²) < 4.78 is 5.55. The van der Waals surface area contributed by atoms with Gasteiger partial charge in [0, 0.05) is 31.0 Å². The average Bonchev–Trinajstić information content (AvgIpc) is 3.01. The summed E-state index contributed by atoms with van der Waals surface area (Å²) in [7, 11) is 0. The molecule has 0 amide bonds. The topological polar surface area (TPSA) is 119 Å². The second-order valence-corrected chi connectivity index (χ2v) is 6.80. The lowest BCUT2D eigenvalue weighted by Gasteiger charge is -2.27. The van der Waals surface area contributed by atoms with Gasteiger partial charge in [0.2, 0.25) is 11.5 Å². The largest absolute Gasteiger partial charge is 0.481 e. The van der Waals surface area contributed by atoms with Gasteiger partial charge in [-0.1, -0.05) is 37.1 Å². The van der Waals surface area contributed by atoms with Gasteiger partial charge in [-0.25, -0.2) is 4.98 Å². The molecular weight excluding hydrogens is 346 g/mol.